The molecule has 1 saturated heterocycles. The van der Waals surface area contributed by atoms with Gasteiger partial charge in [0.25, 0.3) is 17.4 Å². The highest BCUT2D eigenvalue weighted by Gasteiger charge is 2.27. The minimum absolute atomic E-state index is 0.0384. The first-order valence-electron chi connectivity index (χ1n) is 8.81. The summed E-state index contributed by atoms with van der Waals surface area (Å²) >= 11 is 0. The SMILES string of the molecule is O=[N+]([O-])c1ccc(-c2nnc(C[NH+]3CCN(c4cccc[nH+]4)CC3)o2)cc1. The van der Waals surface area contributed by atoms with Gasteiger partial charge in [-0.3, -0.25) is 15.0 Å². The maximum absolute atomic E-state index is 10.7. The van der Waals surface area contributed by atoms with Crippen molar-refractivity contribution in [3.05, 3.63) is 64.7 Å². The van der Waals surface area contributed by atoms with E-state index in [9.17, 15) is 10.1 Å². The van der Waals surface area contributed by atoms with E-state index < -0.39 is 4.92 Å². The van der Waals surface area contributed by atoms with Crippen LogP contribution in [0, 0.1) is 10.1 Å². The molecule has 0 atom stereocenters. The Morgan fingerprint density at radius 1 is 1.15 bits per heavy atom. The molecule has 3 aromatic rings. The van der Waals surface area contributed by atoms with Crippen molar-refractivity contribution in [2.75, 3.05) is 31.1 Å². The van der Waals surface area contributed by atoms with Crippen LogP contribution in [-0.2, 0) is 6.54 Å². The highest BCUT2D eigenvalue weighted by atomic mass is 16.6. The van der Waals surface area contributed by atoms with Gasteiger partial charge < -0.3 is 9.32 Å². The summed E-state index contributed by atoms with van der Waals surface area (Å²) in [6.07, 6.45) is 1.94. The summed E-state index contributed by atoms with van der Waals surface area (Å²) in [6.45, 7) is 4.56. The summed E-state index contributed by atoms with van der Waals surface area (Å²) in [6, 6.07) is 12.2. The Morgan fingerprint density at radius 3 is 2.59 bits per heavy atom. The number of anilines is 1. The molecule has 9 heteroatoms. The molecular weight excluding hydrogens is 348 g/mol. The monoisotopic (exact) mass is 368 g/mol. The molecule has 0 radical (unpaired) electrons. The van der Waals surface area contributed by atoms with Crippen LogP contribution < -0.4 is 14.8 Å². The molecule has 1 aromatic carbocycles. The molecule has 1 aliphatic rings. The number of quaternary nitrogens is 1. The van der Waals surface area contributed by atoms with Crippen molar-refractivity contribution >= 4 is 11.5 Å². The second-order valence-electron chi connectivity index (χ2n) is 6.47. The maximum atomic E-state index is 10.7. The van der Waals surface area contributed by atoms with Crippen molar-refractivity contribution in [3.8, 4) is 11.5 Å². The lowest BCUT2D eigenvalue weighted by Crippen LogP contribution is -3.13. The van der Waals surface area contributed by atoms with Gasteiger partial charge in [0, 0.05) is 23.8 Å². The van der Waals surface area contributed by atoms with Gasteiger partial charge in [0.15, 0.2) is 6.54 Å². The molecule has 2 N–H and O–H groups in total. The number of benzene rings is 1. The third-order valence-corrected chi connectivity index (χ3v) is 4.70. The van der Waals surface area contributed by atoms with Crippen LogP contribution in [0.25, 0.3) is 11.5 Å². The van der Waals surface area contributed by atoms with Crippen LogP contribution >= 0.6 is 0 Å². The summed E-state index contributed by atoms with van der Waals surface area (Å²) in [5, 5.41) is 18.9. The second kappa shape index (κ2) is 7.50. The molecule has 1 fully saturated rings. The van der Waals surface area contributed by atoms with E-state index in [-0.39, 0.29) is 5.69 Å². The molecule has 0 saturated carbocycles. The Labute approximate surface area is 155 Å². The summed E-state index contributed by atoms with van der Waals surface area (Å²) in [4.78, 5) is 17.3. The number of hydrogen-bond donors (Lipinski definition) is 1. The van der Waals surface area contributed by atoms with Crippen molar-refractivity contribution < 1.29 is 19.2 Å². The van der Waals surface area contributed by atoms with Crippen LogP contribution in [0.2, 0.25) is 0 Å². The Morgan fingerprint density at radius 2 is 1.93 bits per heavy atom. The van der Waals surface area contributed by atoms with E-state index in [0.717, 1.165) is 32.0 Å². The molecule has 0 spiro atoms. The fraction of sp³-hybridized carbons (Fsp3) is 0.278. The third-order valence-electron chi connectivity index (χ3n) is 4.70. The lowest BCUT2D eigenvalue weighted by Gasteiger charge is -2.27. The number of hydrogen-bond acceptors (Lipinski definition) is 6. The number of pyridine rings is 1. The third kappa shape index (κ3) is 3.93. The van der Waals surface area contributed by atoms with E-state index in [2.05, 4.69) is 26.1 Å². The predicted molar refractivity (Wildman–Crippen MR) is 96.0 cm³/mol. The smallest absolute Gasteiger partial charge is 0.274 e. The van der Waals surface area contributed by atoms with Gasteiger partial charge in [-0.15, -0.1) is 10.2 Å². The first-order valence-corrected chi connectivity index (χ1v) is 8.81. The zero-order valence-corrected chi connectivity index (χ0v) is 14.7. The molecule has 0 aliphatic carbocycles. The number of nitrogens with zero attached hydrogens (tertiary/aromatic N) is 4. The van der Waals surface area contributed by atoms with Crippen LogP contribution in [0.1, 0.15) is 5.89 Å². The molecule has 9 nitrogen and oxygen atoms in total. The van der Waals surface area contributed by atoms with Gasteiger partial charge in [-0.2, -0.15) is 0 Å². The quantitative estimate of drug-likeness (QED) is 0.515. The van der Waals surface area contributed by atoms with Crippen molar-refractivity contribution in [2.24, 2.45) is 0 Å². The fourth-order valence-corrected chi connectivity index (χ4v) is 3.20. The van der Waals surface area contributed by atoms with Crippen molar-refractivity contribution in [1.29, 1.82) is 0 Å². The van der Waals surface area contributed by atoms with Gasteiger partial charge in [-0.1, -0.05) is 6.07 Å². The van der Waals surface area contributed by atoms with E-state index in [1.54, 1.807) is 12.1 Å². The van der Waals surface area contributed by atoms with Gasteiger partial charge in [0.1, 0.15) is 26.2 Å². The number of H-pyrrole nitrogens is 1. The number of non-ortho nitro benzene ring substituents is 1. The standard InChI is InChI=1S/C18H18N6O3/c25-24(26)15-6-4-14(5-7-15)18-21-20-17(27-18)13-22-9-11-23(12-10-22)16-3-1-2-8-19-16/h1-8H,9-13H2/p+2. The number of piperazine rings is 1. The van der Waals surface area contributed by atoms with Gasteiger partial charge in [0.2, 0.25) is 5.89 Å². The molecule has 0 bridgehead atoms. The van der Waals surface area contributed by atoms with Crippen molar-refractivity contribution in [2.45, 2.75) is 6.54 Å². The van der Waals surface area contributed by atoms with Gasteiger partial charge >= 0.3 is 0 Å². The van der Waals surface area contributed by atoms with Crippen LogP contribution in [-0.4, -0.2) is 41.3 Å². The van der Waals surface area contributed by atoms with Crippen LogP contribution in [0.3, 0.4) is 0 Å². The van der Waals surface area contributed by atoms with E-state index in [1.807, 2.05) is 18.3 Å². The van der Waals surface area contributed by atoms with E-state index in [0.29, 0.717) is 23.9 Å². The maximum Gasteiger partial charge on any atom is 0.274 e. The fourth-order valence-electron chi connectivity index (χ4n) is 3.20. The molecule has 0 unspecified atom stereocenters. The number of nitro benzene ring substituents is 1. The topological polar surface area (TPSA) is 104 Å². The van der Waals surface area contributed by atoms with Crippen LogP contribution in [0.4, 0.5) is 11.5 Å². The second-order valence-corrected chi connectivity index (χ2v) is 6.47. The minimum atomic E-state index is -0.431. The number of nitro groups is 1. The summed E-state index contributed by atoms with van der Waals surface area (Å²) < 4.78 is 5.75. The number of aromatic amines is 1. The number of aromatic nitrogens is 3. The number of nitrogens with one attached hydrogen (secondary N) is 2. The highest BCUT2D eigenvalue weighted by molar-refractivity contribution is 5.55. The Kier molecular flexibility index (Phi) is 4.75. The van der Waals surface area contributed by atoms with E-state index in [1.165, 1.54) is 17.0 Å². The first-order chi connectivity index (χ1) is 13.2. The number of rotatable bonds is 5. The summed E-state index contributed by atoms with van der Waals surface area (Å²) in [5.74, 6) is 2.10. The average Bonchev–Trinajstić information content (AvgIpc) is 3.18. The highest BCUT2D eigenvalue weighted by Crippen LogP contribution is 2.21. The molecular formula is C18H20N6O3+2. The Bertz CT molecular complexity index is 904. The lowest BCUT2D eigenvalue weighted by atomic mass is 10.2. The normalized spacial score (nSPS) is 15.0. The molecule has 4 rings (SSSR count). The van der Waals surface area contributed by atoms with E-state index >= 15 is 0 Å². The predicted octanol–water partition coefficient (Wildman–Crippen LogP) is 0.364. The minimum Gasteiger partial charge on any atom is -0.415 e. The lowest BCUT2D eigenvalue weighted by molar-refractivity contribution is -0.915. The Balaban J connectivity index is 1.35. The van der Waals surface area contributed by atoms with Gasteiger partial charge in [0.05, 0.1) is 11.1 Å². The summed E-state index contributed by atoms with van der Waals surface area (Å²) in [7, 11) is 0. The van der Waals surface area contributed by atoms with Crippen LogP contribution in [0.15, 0.2) is 53.1 Å². The summed E-state index contributed by atoms with van der Waals surface area (Å²) in [5.41, 5.74) is 0.718. The zero-order valence-electron chi connectivity index (χ0n) is 14.7. The van der Waals surface area contributed by atoms with Crippen molar-refractivity contribution in [1.82, 2.24) is 10.2 Å². The Hall–Kier alpha value is -3.33. The molecule has 27 heavy (non-hydrogen) atoms. The van der Waals surface area contributed by atoms with Gasteiger partial charge in [-0.05, 0) is 18.2 Å². The van der Waals surface area contributed by atoms with Crippen LogP contribution in [0.5, 0.6) is 0 Å². The average molecular weight is 368 g/mol. The molecule has 138 valence electrons. The van der Waals surface area contributed by atoms with Crippen molar-refractivity contribution in [3.63, 3.8) is 0 Å². The molecule has 1 aliphatic heterocycles. The first kappa shape index (κ1) is 17.1. The molecule has 0 amide bonds. The molecule has 3 heterocycles. The zero-order chi connectivity index (χ0) is 18.6. The van der Waals surface area contributed by atoms with Gasteiger partial charge in [-0.25, -0.2) is 4.98 Å². The molecule has 2 aromatic heterocycles. The largest absolute Gasteiger partial charge is 0.415 e. The van der Waals surface area contributed by atoms with E-state index in [4.69, 9.17) is 4.42 Å².